The molecule has 0 saturated heterocycles. The van der Waals surface area contributed by atoms with E-state index in [0.29, 0.717) is 0 Å². The highest BCUT2D eigenvalue weighted by molar-refractivity contribution is 5.89. The van der Waals surface area contributed by atoms with Gasteiger partial charge in [-0.05, 0) is 82.2 Å². The first-order chi connectivity index (χ1) is 16.5. The largest absolute Gasteiger partial charge is 0.309 e. The van der Waals surface area contributed by atoms with Crippen molar-refractivity contribution < 1.29 is 0 Å². The molecule has 1 aliphatic rings. The van der Waals surface area contributed by atoms with Crippen molar-refractivity contribution in [3.8, 4) is 11.8 Å². The monoisotopic (exact) mass is 446 g/mol. The van der Waals surface area contributed by atoms with Crippen molar-refractivity contribution in [3.05, 3.63) is 100 Å². The zero-order chi connectivity index (χ0) is 24.1. The number of pyridine rings is 1. The number of hydrogen-bond donors (Lipinski definition) is 0. The molecule has 0 amide bonds. The summed E-state index contributed by atoms with van der Waals surface area (Å²) in [5, 5.41) is 1.23. The fraction of sp³-hybridized carbons (Fsp3) is 0.281. The molecule has 0 aliphatic heterocycles. The lowest BCUT2D eigenvalue weighted by Gasteiger charge is -2.24. The molecule has 1 atom stereocenters. The molecule has 1 heterocycles. The van der Waals surface area contributed by atoms with Gasteiger partial charge in [-0.15, -0.1) is 0 Å². The minimum absolute atomic E-state index is 0.231. The molecule has 1 unspecified atom stereocenters. The molecule has 0 saturated carbocycles. The van der Waals surface area contributed by atoms with Crippen LogP contribution in [0.5, 0.6) is 0 Å². The SMILES string of the molecule is C/C=C\C(=C/C)c1cc2c(C(CCN(C)C)c3cccc4c3C#CCC=C4)cccc2nc1C. The van der Waals surface area contributed by atoms with Gasteiger partial charge in [-0.2, -0.15) is 0 Å². The third-order valence-electron chi connectivity index (χ3n) is 6.53. The zero-order valence-corrected chi connectivity index (χ0v) is 21.0. The Kier molecular flexibility index (Phi) is 7.46. The molecule has 3 aromatic rings. The highest BCUT2D eigenvalue weighted by Crippen LogP contribution is 2.37. The molecule has 2 nitrogen and oxygen atoms in total. The van der Waals surface area contributed by atoms with E-state index in [1.165, 1.54) is 38.8 Å². The van der Waals surface area contributed by atoms with Crippen LogP contribution in [0, 0.1) is 18.8 Å². The number of allylic oxidation sites excluding steroid dienone is 5. The smallest absolute Gasteiger partial charge is 0.0708 e. The summed E-state index contributed by atoms with van der Waals surface area (Å²) in [6.45, 7) is 7.26. The van der Waals surface area contributed by atoms with Gasteiger partial charge in [0, 0.05) is 34.5 Å². The van der Waals surface area contributed by atoms with Crippen LogP contribution in [-0.4, -0.2) is 30.5 Å². The van der Waals surface area contributed by atoms with Crippen LogP contribution in [0.15, 0.2) is 66.8 Å². The van der Waals surface area contributed by atoms with Gasteiger partial charge in [0.15, 0.2) is 0 Å². The van der Waals surface area contributed by atoms with E-state index in [4.69, 9.17) is 4.98 Å². The van der Waals surface area contributed by atoms with E-state index >= 15 is 0 Å². The average molecular weight is 447 g/mol. The van der Waals surface area contributed by atoms with E-state index < -0.39 is 0 Å². The minimum atomic E-state index is 0.231. The van der Waals surface area contributed by atoms with Gasteiger partial charge in [0.2, 0.25) is 0 Å². The molecule has 2 aromatic carbocycles. The second-order valence-corrected chi connectivity index (χ2v) is 9.14. The number of benzene rings is 2. The topological polar surface area (TPSA) is 16.1 Å². The molecule has 4 rings (SSSR count). The number of aryl methyl sites for hydroxylation is 1. The van der Waals surface area contributed by atoms with E-state index in [1.807, 2.05) is 0 Å². The molecule has 0 bridgehead atoms. The second kappa shape index (κ2) is 10.7. The normalized spacial score (nSPS) is 14.2. The Labute approximate surface area is 204 Å². The van der Waals surface area contributed by atoms with E-state index in [-0.39, 0.29) is 5.92 Å². The quantitative estimate of drug-likeness (QED) is 0.278. The summed E-state index contributed by atoms with van der Waals surface area (Å²) in [5.74, 6) is 7.05. The lowest BCUT2D eigenvalue weighted by atomic mass is 9.82. The Morgan fingerprint density at radius 1 is 1.12 bits per heavy atom. The van der Waals surface area contributed by atoms with E-state index in [9.17, 15) is 0 Å². The lowest BCUT2D eigenvalue weighted by molar-refractivity contribution is 0.390. The van der Waals surface area contributed by atoms with Crippen LogP contribution in [-0.2, 0) is 0 Å². The minimum Gasteiger partial charge on any atom is -0.309 e. The first-order valence-electron chi connectivity index (χ1n) is 12.2. The molecular weight excluding hydrogens is 412 g/mol. The molecule has 0 spiro atoms. The first-order valence-corrected chi connectivity index (χ1v) is 12.2. The third kappa shape index (κ3) is 4.91. The van der Waals surface area contributed by atoms with Gasteiger partial charge in [0.05, 0.1) is 5.52 Å². The average Bonchev–Trinajstić information content (AvgIpc) is 3.08. The van der Waals surface area contributed by atoms with Gasteiger partial charge in [-0.3, -0.25) is 4.98 Å². The number of nitrogens with zero attached hydrogens (tertiary/aromatic N) is 2. The Morgan fingerprint density at radius 2 is 1.91 bits per heavy atom. The van der Waals surface area contributed by atoms with Gasteiger partial charge in [-0.25, -0.2) is 0 Å². The van der Waals surface area contributed by atoms with Gasteiger partial charge in [0.25, 0.3) is 0 Å². The molecule has 34 heavy (non-hydrogen) atoms. The van der Waals surface area contributed by atoms with Gasteiger partial charge in [-0.1, -0.05) is 72.6 Å². The number of hydrogen-bond acceptors (Lipinski definition) is 2. The maximum atomic E-state index is 5.04. The fourth-order valence-corrected chi connectivity index (χ4v) is 4.84. The highest BCUT2D eigenvalue weighted by Gasteiger charge is 2.22. The predicted octanol–water partition coefficient (Wildman–Crippen LogP) is 7.37. The van der Waals surface area contributed by atoms with Crippen LogP contribution in [0.2, 0.25) is 0 Å². The lowest BCUT2D eigenvalue weighted by Crippen LogP contribution is -2.17. The molecule has 0 fully saturated rings. The van der Waals surface area contributed by atoms with E-state index in [1.54, 1.807) is 0 Å². The number of aromatic nitrogens is 1. The van der Waals surface area contributed by atoms with Gasteiger partial charge < -0.3 is 4.90 Å². The second-order valence-electron chi connectivity index (χ2n) is 9.14. The van der Waals surface area contributed by atoms with Crippen LogP contribution in [0.3, 0.4) is 0 Å². The summed E-state index contributed by atoms with van der Waals surface area (Å²) in [7, 11) is 4.29. The molecular formula is C32H34N2. The summed E-state index contributed by atoms with van der Waals surface area (Å²) >= 11 is 0. The number of fused-ring (bicyclic) bond motifs is 2. The molecule has 0 N–H and O–H groups in total. The zero-order valence-electron chi connectivity index (χ0n) is 21.0. The highest BCUT2D eigenvalue weighted by atomic mass is 15.0. The van der Waals surface area contributed by atoms with Gasteiger partial charge in [0.1, 0.15) is 0 Å². The summed E-state index contributed by atoms with van der Waals surface area (Å²) in [6.07, 6.45) is 12.6. The van der Waals surface area contributed by atoms with Crippen molar-refractivity contribution in [2.75, 3.05) is 20.6 Å². The van der Waals surface area contributed by atoms with Crippen LogP contribution >= 0.6 is 0 Å². The summed E-state index contributed by atoms with van der Waals surface area (Å²) in [5.41, 5.74) is 9.54. The Hall–Kier alpha value is -3.41. The maximum Gasteiger partial charge on any atom is 0.0708 e. The molecule has 2 heteroatoms. The van der Waals surface area contributed by atoms with Crippen molar-refractivity contribution in [2.45, 2.75) is 39.5 Å². The molecule has 1 aliphatic carbocycles. The fourth-order valence-electron chi connectivity index (χ4n) is 4.84. The van der Waals surface area contributed by atoms with Crippen LogP contribution < -0.4 is 0 Å². The first kappa shape index (κ1) is 23.7. The third-order valence-corrected chi connectivity index (χ3v) is 6.53. The van der Waals surface area contributed by atoms with Crippen molar-refractivity contribution >= 4 is 22.6 Å². The Morgan fingerprint density at radius 3 is 2.68 bits per heavy atom. The van der Waals surface area contributed by atoms with Gasteiger partial charge >= 0.3 is 0 Å². The van der Waals surface area contributed by atoms with Crippen molar-refractivity contribution in [1.82, 2.24) is 9.88 Å². The van der Waals surface area contributed by atoms with Crippen molar-refractivity contribution in [2.24, 2.45) is 0 Å². The standard InChI is InChI=1S/C32H34N2/c1-6-13-24(7-2)30-22-31-28(18-12-19-32(31)33-23(30)3)29(20-21-34(4)5)27-17-11-15-25-14-9-8-10-16-26(25)27/h6-7,9,11-15,17-19,22,29H,8,20-21H2,1-5H3/b13-6-,24-7+. The van der Waals surface area contributed by atoms with Crippen LogP contribution in [0.1, 0.15) is 66.1 Å². The van der Waals surface area contributed by atoms with E-state index in [2.05, 4.69) is 124 Å². The van der Waals surface area contributed by atoms with E-state index in [0.717, 1.165) is 30.6 Å². The van der Waals surface area contributed by atoms with Crippen LogP contribution in [0.4, 0.5) is 0 Å². The molecule has 0 radical (unpaired) electrons. The Bertz CT molecular complexity index is 1340. The summed E-state index contributed by atoms with van der Waals surface area (Å²) in [6, 6.07) is 15.5. The van der Waals surface area contributed by atoms with Crippen molar-refractivity contribution in [3.63, 3.8) is 0 Å². The molecule has 1 aromatic heterocycles. The number of rotatable bonds is 7. The summed E-state index contributed by atoms with van der Waals surface area (Å²) < 4.78 is 0. The predicted molar refractivity (Wildman–Crippen MR) is 147 cm³/mol. The van der Waals surface area contributed by atoms with Crippen molar-refractivity contribution in [1.29, 1.82) is 0 Å². The van der Waals surface area contributed by atoms with Crippen LogP contribution in [0.25, 0.3) is 22.6 Å². The Balaban J connectivity index is 1.96. The summed E-state index contributed by atoms with van der Waals surface area (Å²) in [4.78, 5) is 7.30. The maximum absolute atomic E-state index is 5.04. The molecule has 172 valence electrons.